The van der Waals surface area contributed by atoms with Gasteiger partial charge in [0, 0.05) is 19.6 Å². The number of hydrogen-bond donors (Lipinski definition) is 1. The van der Waals surface area contributed by atoms with Gasteiger partial charge in [-0.3, -0.25) is 4.79 Å². The lowest BCUT2D eigenvalue weighted by Crippen LogP contribution is -2.48. The highest BCUT2D eigenvalue weighted by atomic mass is 16.5. The summed E-state index contributed by atoms with van der Waals surface area (Å²) in [5.41, 5.74) is 6.71. The summed E-state index contributed by atoms with van der Waals surface area (Å²) in [6.45, 7) is 4.64. The van der Waals surface area contributed by atoms with Crippen molar-refractivity contribution in [2.75, 3.05) is 32.8 Å². The Labute approximate surface area is 119 Å². The Bertz CT molecular complexity index is 450. The van der Waals surface area contributed by atoms with Crippen molar-refractivity contribution in [3.63, 3.8) is 0 Å². The van der Waals surface area contributed by atoms with Crippen molar-refractivity contribution < 1.29 is 14.3 Å². The summed E-state index contributed by atoms with van der Waals surface area (Å²) in [6, 6.07) is 7.82. The predicted molar refractivity (Wildman–Crippen MR) is 76.7 cm³/mol. The van der Waals surface area contributed by atoms with Crippen LogP contribution in [0.15, 0.2) is 24.3 Å². The maximum absolute atomic E-state index is 12.1. The molecule has 5 heteroatoms. The average molecular weight is 278 g/mol. The predicted octanol–water partition coefficient (Wildman–Crippen LogP) is 0.950. The summed E-state index contributed by atoms with van der Waals surface area (Å²) in [6.07, 6.45) is 0.344. The zero-order chi connectivity index (χ0) is 14.4. The van der Waals surface area contributed by atoms with Gasteiger partial charge in [0.1, 0.15) is 5.75 Å². The zero-order valence-corrected chi connectivity index (χ0v) is 11.9. The third kappa shape index (κ3) is 4.21. The van der Waals surface area contributed by atoms with E-state index in [1.54, 1.807) is 4.90 Å². The third-order valence-corrected chi connectivity index (χ3v) is 3.33. The molecule has 1 aromatic carbocycles. The second-order valence-corrected chi connectivity index (χ2v) is 4.98. The van der Waals surface area contributed by atoms with Crippen LogP contribution in [0.5, 0.6) is 5.75 Å². The van der Waals surface area contributed by atoms with Crippen molar-refractivity contribution in [3.05, 3.63) is 29.8 Å². The Morgan fingerprint density at radius 2 is 2.40 bits per heavy atom. The monoisotopic (exact) mass is 278 g/mol. The Kier molecular flexibility index (Phi) is 5.38. The summed E-state index contributed by atoms with van der Waals surface area (Å²) in [5.74, 6) is 0.902. The molecule has 1 fully saturated rings. The minimum atomic E-state index is -0.0367. The topological polar surface area (TPSA) is 64.8 Å². The number of hydrogen-bond acceptors (Lipinski definition) is 4. The lowest BCUT2D eigenvalue weighted by molar-refractivity contribution is -0.138. The first-order valence-corrected chi connectivity index (χ1v) is 6.98. The van der Waals surface area contributed by atoms with E-state index in [1.165, 1.54) is 0 Å². The molecule has 110 valence electrons. The Morgan fingerprint density at radius 3 is 3.15 bits per heavy atom. The van der Waals surface area contributed by atoms with E-state index in [2.05, 4.69) is 0 Å². The van der Waals surface area contributed by atoms with Crippen molar-refractivity contribution in [2.45, 2.75) is 19.4 Å². The molecule has 0 aromatic heterocycles. The highest BCUT2D eigenvalue weighted by molar-refractivity contribution is 5.76. The summed E-state index contributed by atoms with van der Waals surface area (Å²) < 4.78 is 11.0. The van der Waals surface area contributed by atoms with E-state index in [0.717, 1.165) is 11.3 Å². The van der Waals surface area contributed by atoms with Gasteiger partial charge in [0.25, 0.3) is 0 Å². The second kappa shape index (κ2) is 7.26. The molecule has 0 aliphatic carbocycles. The molecule has 1 atom stereocenters. The number of nitrogens with two attached hydrogens (primary N) is 1. The highest BCUT2D eigenvalue weighted by Crippen LogP contribution is 2.13. The van der Waals surface area contributed by atoms with E-state index < -0.39 is 0 Å². The molecule has 1 heterocycles. The van der Waals surface area contributed by atoms with Gasteiger partial charge in [-0.1, -0.05) is 12.1 Å². The Morgan fingerprint density at radius 1 is 1.55 bits per heavy atom. The van der Waals surface area contributed by atoms with E-state index in [4.69, 9.17) is 15.2 Å². The molecule has 2 N–H and O–H groups in total. The lowest BCUT2D eigenvalue weighted by atomic mass is 10.2. The van der Waals surface area contributed by atoms with E-state index in [9.17, 15) is 4.79 Å². The zero-order valence-electron chi connectivity index (χ0n) is 11.9. The van der Waals surface area contributed by atoms with E-state index in [-0.39, 0.29) is 12.0 Å². The van der Waals surface area contributed by atoms with Crippen LogP contribution >= 0.6 is 0 Å². The molecule has 0 radical (unpaired) electrons. The third-order valence-electron chi connectivity index (χ3n) is 3.33. The summed E-state index contributed by atoms with van der Waals surface area (Å²) in [4.78, 5) is 13.9. The van der Waals surface area contributed by atoms with E-state index in [0.29, 0.717) is 39.3 Å². The van der Waals surface area contributed by atoms with Gasteiger partial charge in [-0.25, -0.2) is 0 Å². The lowest BCUT2D eigenvalue weighted by Gasteiger charge is -2.32. The molecule has 0 saturated carbocycles. The maximum atomic E-state index is 12.1. The molecule has 20 heavy (non-hydrogen) atoms. The molecule has 1 aliphatic rings. The molecule has 2 rings (SSSR count). The molecular formula is C15H22N2O3. The number of benzene rings is 1. The fourth-order valence-electron chi connectivity index (χ4n) is 2.21. The smallest absolute Gasteiger partial charge is 0.226 e. The first-order chi connectivity index (χ1) is 9.69. The molecular weight excluding hydrogens is 256 g/mol. The van der Waals surface area contributed by atoms with Gasteiger partial charge >= 0.3 is 0 Å². The standard InChI is InChI=1S/C15H22N2O3/c1-12-3-2-4-13(9-12)19-7-5-15(18)17-6-8-20-14(10-16)11-17/h2-4,9,14H,5-8,10-11,16H2,1H3. The van der Waals surface area contributed by atoms with Crippen molar-refractivity contribution in [3.8, 4) is 5.75 Å². The number of carbonyl (C=O) groups excluding carboxylic acids is 1. The molecule has 0 bridgehead atoms. The van der Waals surface area contributed by atoms with Crippen LogP contribution in [-0.2, 0) is 9.53 Å². The molecule has 0 spiro atoms. The highest BCUT2D eigenvalue weighted by Gasteiger charge is 2.22. The average Bonchev–Trinajstić information content (AvgIpc) is 2.47. The molecule has 1 saturated heterocycles. The SMILES string of the molecule is Cc1cccc(OCCC(=O)N2CCOC(CN)C2)c1. The van der Waals surface area contributed by atoms with Gasteiger partial charge in [-0.2, -0.15) is 0 Å². The molecule has 1 aliphatic heterocycles. The van der Waals surface area contributed by atoms with Gasteiger partial charge in [0.05, 0.1) is 25.7 Å². The summed E-state index contributed by atoms with van der Waals surface area (Å²) in [7, 11) is 0. The Hall–Kier alpha value is -1.59. The second-order valence-electron chi connectivity index (χ2n) is 4.98. The first-order valence-electron chi connectivity index (χ1n) is 6.98. The quantitative estimate of drug-likeness (QED) is 0.871. The van der Waals surface area contributed by atoms with Crippen LogP contribution in [0.3, 0.4) is 0 Å². The Balaban J connectivity index is 1.75. The number of aryl methyl sites for hydroxylation is 1. The molecule has 1 amide bonds. The number of amides is 1. The van der Waals surface area contributed by atoms with Crippen LogP contribution in [0.2, 0.25) is 0 Å². The van der Waals surface area contributed by atoms with Crippen molar-refractivity contribution in [1.82, 2.24) is 4.90 Å². The van der Waals surface area contributed by atoms with Crippen molar-refractivity contribution >= 4 is 5.91 Å². The van der Waals surface area contributed by atoms with Crippen LogP contribution < -0.4 is 10.5 Å². The van der Waals surface area contributed by atoms with Crippen LogP contribution in [0.4, 0.5) is 0 Å². The minimum Gasteiger partial charge on any atom is -0.493 e. The number of nitrogens with zero attached hydrogens (tertiary/aromatic N) is 1. The van der Waals surface area contributed by atoms with Crippen LogP contribution in [0.25, 0.3) is 0 Å². The minimum absolute atomic E-state index is 0.0367. The fraction of sp³-hybridized carbons (Fsp3) is 0.533. The molecule has 1 aromatic rings. The fourth-order valence-corrected chi connectivity index (χ4v) is 2.21. The summed E-state index contributed by atoms with van der Waals surface area (Å²) >= 11 is 0. The van der Waals surface area contributed by atoms with Gasteiger partial charge in [0.2, 0.25) is 5.91 Å². The maximum Gasteiger partial charge on any atom is 0.226 e. The number of rotatable bonds is 5. The number of morpholine rings is 1. The number of ether oxygens (including phenoxy) is 2. The van der Waals surface area contributed by atoms with Crippen LogP contribution in [0.1, 0.15) is 12.0 Å². The van der Waals surface area contributed by atoms with Crippen molar-refractivity contribution in [2.24, 2.45) is 5.73 Å². The first kappa shape index (κ1) is 14.8. The van der Waals surface area contributed by atoms with Crippen molar-refractivity contribution in [1.29, 1.82) is 0 Å². The van der Waals surface area contributed by atoms with Crippen LogP contribution in [0, 0.1) is 6.92 Å². The normalized spacial score (nSPS) is 18.9. The van der Waals surface area contributed by atoms with Gasteiger partial charge in [-0.05, 0) is 24.6 Å². The van der Waals surface area contributed by atoms with Gasteiger partial charge in [0.15, 0.2) is 0 Å². The molecule has 5 nitrogen and oxygen atoms in total. The van der Waals surface area contributed by atoms with Crippen LogP contribution in [-0.4, -0.2) is 49.8 Å². The molecule has 1 unspecified atom stereocenters. The largest absolute Gasteiger partial charge is 0.493 e. The van der Waals surface area contributed by atoms with E-state index in [1.807, 2.05) is 31.2 Å². The van der Waals surface area contributed by atoms with Gasteiger partial charge in [-0.15, -0.1) is 0 Å². The van der Waals surface area contributed by atoms with Gasteiger partial charge < -0.3 is 20.1 Å². The number of carbonyl (C=O) groups is 1. The van der Waals surface area contributed by atoms with E-state index >= 15 is 0 Å². The summed E-state index contributed by atoms with van der Waals surface area (Å²) in [5, 5.41) is 0.